The number of carboxylic acids is 1. The van der Waals surface area contributed by atoms with Gasteiger partial charge >= 0.3 is 12.1 Å². The second kappa shape index (κ2) is 7.58. The SMILES string of the molecule is CC(C)N(CCC(=O)O)C(=O)c1ccc2c(c1)nc(C(F)(F)F)n2C(C)C. The van der Waals surface area contributed by atoms with Crippen LogP contribution >= 0.6 is 0 Å². The number of hydrogen-bond donors (Lipinski definition) is 1. The first-order valence-electron chi connectivity index (χ1n) is 8.55. The molecule has 1 amide bonds. The van der Waals surface area contributed by atoms with E-state index in [4.69, 9.17) is 5.11 Å². The normalized spacial score (nSPS) is 12.2. The predicted molar refractivity (Wildman–Crippen MR) is 93.5 cm³/mol. The van der Waals surface area contributed by atoms with Crippen LogP contribution < -0.4 is 0 Å². The third-order valence-corrected chi connectivity index (χ3v) is 4.16. The van der Waals surface area contributed by atoms with E-state index in [0.29, 0.717) is 0 Å². The van der Waals surface area contributed by atoms with Crippen LogP contribution in [-0.2, 0) is 11.0 Å². The number of imidazole rings is 1. The fourth-order valence-corrected chi connectivity index (χ4v) is 2.93. The fourth-order valence-electron chi connectivity index (χ4n) is 2.93. The van der Waals surface area contributed by atoms with Crippen molar-refractivity contribution in [2.24, 2.45) is 0 Å². The summed E-state index contributed by atoms with van der Waals surface area (Å²) in [5, 5.41) is 8.84. The maximum absolute atomic E-state index is 13.3. The van der Waals surface area contributed by atoms with Crippen LogP contribution in [0, 0.1) is 0 Å². The first-order chi connectivity index (χ1) is 12.4. The zero-order valence-electron chi connectivity index (χ0n) is 15.5. The molecule has 0 unspecified atom stereocenters. The van der Waals surface area contributed by atoms with Gasteiger partial charge in [0.1, 0.15) is 0 Å². The molecule has 2 aromatic rings. The van der Waals surface area contributed by atoms with Crippen molar-refractivity contribution in [3.8, 4) is 0 Å². The molecule has 1 aromatic carbocycles. The lowest BCUT2D eigenvalue weighted by atomic mass is 10.1. The number of aliphatic carboxylic acids is 1. The molecule has 0 aliphatic rings. The first-order valence-corrected chi connectivity index (χ1v) is 8.55. The van der Waals surface area contributed by atoms with E-state index in [-0.39, 0.29) is 35.6 Å². The van der Waals surface area contributed by atoms with Gasteiger partial charge in [-0.2, -0.15) is 13.2 Å². The first kappa shape index (κ1) is 20.7. The van der Waals surface area contributed by atoms with Gasteiger partial charge in [0.25, 0.3) is 5.91 Å². The number of rotatable bonds is 6. The number of amides is 1. The lowest BCUT2D eigenvalue weighted by Gasteiger charge is -2.26. The Morgan fingerprint density at radius 3 is 2.33 bits per heavy atom. The highest BCUT2D eigenvalue weighted by Gasteiger charge is 2.38. The summed E-state index contributed by atoms with van der Waals surface area (Å²) in [6, 6.07) is 3.49. The van der Waals surface area contributed by atoms with E-state index >= 15 is 0 Å². The Labute approximate surface area is 154 Å². The van der Waals surface area contributed by atoms with E-state index in [9.17, 15) is 22.8 Å². The number of carboxylic acid groups (broad SMARTS) is 1. The van der Waals surface area contributed by atoms with Crippen LogP contribution in [0.2, 0.25) is 0 Å². The van der Waals surface area contributed by atoms with Crippen molar-refractivity contribution in [2.45, 2.75) is 52.4 Å². The molecule has 9 heteroatoms. The van der Waals surface area contributed by atoms with Crippen molar-refractivity contribution in [1.82, 2.24) is 14.5 Å². The third kappa shape index (κ3) is 4.40. The lowest BCUT2D eigenvalue weighted by molar-refractivity contribution is -0.147. The van der Waals surface area contributed by atoms with Crippen LogP contribution in [0.15, 0.2) is 18.2 Å². The van der Waals surface area contributed by atoms with Crippen LogP contribution in [0.5, 0.6) is 0 Å². The van der Waals surface area contributed by atoms with Gasteiger partial charge in [0.2, 0.25) is 5.82 Å². The second-order valence-corrected chi connectivity index (χ2v) is 6.84. The number of carbonyl (C=O) groups excluding carboxylic acids is 1. The summed E-state index contributed by atoms with van der Waals surface area (Å²) in [6.07, 6.45) is -4.83. The number of carbonyl (C=O) groups is 2. The molecule has 0 fully saturated rings. The molecule has 1 N–H and O–H groups in total. The fraction of sp³-hybridized carbons (Fsp3) is 0.500. The van der Waals surface area contributed by atoms with Crippen molar-refractivity contribution in [3.63, 3.8) is 0 Å². The van der Waals surface area contributed by atoms with Crippen LogP contribution in [-0.4, -0.2) is 44.0 Å². The largest absolute Gasteiger partial charge is 0.481 e. The van der Waals surface area contributed by atoms with E-state index < -0.39 is 29.9 Å². The summed E-state index contributed by atoms with van der Waals surface area (Å²) in [6.45, 7) is 6.75. The number of benzene rings is 1. The molecule has 0 bridgehead atoms. The Bertz CT molecular complexity index is 857. The van der Waals surface area contributed by atoms with Crippen molar-refractivity contribution < 1.29 is 27.9 Å². The highest BCUT2D eigenvalue weighted by Crippen LogP contribution is 2.34. The molecule has 1 heterocycles. The Kier molecular flexibility index (Phi) is 5.82. The molecular formula is C18H22F3N3O3. The topological polar surface area (TPSA) is 75.4 Å². The van der Waals surface area contributed by atoms with Gasteiger partial charge in [0.05, 0.1) is 17.5 Å². The van der Waals surface area contributed by atoms with Crippen LogP contribution in [0.3, 0.4) is 0 Å². The zero-order chi connectivity index (χ0) is 20.5. The van der Waals surface area contributed by atoms with E-state index in [0.717, 1.165) is 4.57 Å². The standard InChI is InChI=1S/C18H22F3N3O3/c1-10(2)23(8-7-15(25)26)16(27)12-5-6-14-13(9-12)22-17(18(19,20)21)24(14)11(3)4/h5-6,9-11H,7-8H2,1-4H3,(H,25,26). The summed E-state index contributed by atoms with van der Waals surface area (Å²) in [4.78, 5) is 28.6. The molecule has 1 aromatic heterocycles. The van der Waals surface area contributed by atoms with E-state index in [2.05, 4.69) is 4.98 Å². The van der Waals surface area contributed by atoms with Gasteiger partial charge < -0.3 is 14.6 Å². The Morgan fingerprint density at radius 2 is 1.85 bits per heavy atom. The van der Waals surface area contributed by atoms with Gasteiger partial charge in [0, 0.05) is 24.2 Å². The molecular weight excluding hydrogens is 363 g/mol. The summed E-state index contributed by atoms with van der Waals surface area (Å²) in [5.74, 6) is -2.49. The Balaban J connectivity index is 2.48. The molecule has 0 aliphatic heterocycles. The van der Waals surface area contributed by atoms with Gasteiger partial charge in [-0.15, -0.1) is 0 Å². The molecule has 148 valence electrons. The highest BCUT2D eigenvalue weighted by molar-refractivity contribution is 5.97. The smallest absolute Gasteiger partial charge is 0.449 e. The monoisotopic (exact) mass is 385 g/mol. The number of hydrogen-bond acceptors (Lipinski definition) is 3. The molecule has 0 saturated heterocycles. The van der Waals surface area contributed by atoms with Gasteiger partial charge in [-0.05, 0) is 45.9 Å². The number of aromatic nitrogens is 2. The molecule has 27 heavy (non-hydrogen) atoms. The highest BCUT2D eigenvalue weighted by atomic mass is 19.4. The van der Waals surface area contributed by atoms with Crippen molar-refractivity contribution in [3.05, 3.63) is 29.6 Å². The zero-order valence-corrected chi connectivity index (χ0v) is 15.5. The van der Waals surface area contributed by atoms with Crippen LogP contribution in [0.4, 0.5) is 13.2 Å². The van der Waals surface area contributed by atoms with Gasteiger partial charge in [0.15, 0.2) is 0 Å². The molecule has 2 rings (SSSR count). The predicted octanol–water partition coefficient (Wildman–Crippen LogP) is 3.96. The number of nitrogens with zero attached hydrogens (tertiary/aromatic N) is 3. The number of halogens is 3. The van der Waals surface area contributed by atoms with Gasteiger partial charge in [-0.3, -0.25) is 9.59 Å². The molecule has 0 aliphatic carbocycles. The second-order valence-electron chi connectivity index (χ2n) is 6.84. The molecule has 6 nitrogen and oxygen atoms in total. The summed E-state index contributed by atoms with van der Waals surface area (Å²) < 4.78 is 41.0. The van der Waals surface area contributed by atoms with Gasteiger partial charge in [-0.25, -0.2) is 4.98 Å². The summed E-state index contributed by atoms with van der Waals surface area (Å²) in [7, 11) is 0. The molecule has 0 spiro atoms. The average Bonchev–Trinajstić information content (AvgIpc) is 2.93. The van der Waals surface area contributed by atoms with Gasteiger partial charge in [-0.1, -0.05) is 0 Å². The molecule has 0 atom stereocenters. The van der Waals surface area contributed by atoms with E-state index in [1.165, 1.54) is 23.1 Å². The van der Waals surface area contributed by atoms with Crippen molar-refractivity contribution in [1.29, 1.82) is 0 Å². The quantitative estimate of drug-likeness (QED) is 0.817. The molecule has 0 radical (unpaired) electrons. The lowest BCUT2D eigenvalue weighted by Crippen LogP contribution is -2.38. The van der Waals surface area contributed by atoms with Crippen LogP contribution in [0.1, 0.15) is 56.3 Å². The molecule has 0 saturated carbocycles. The number of alkyl halides is 3. The maximum Gasteiger partial charge on any atom is 0.449 e. The van der Waals surface area contributed by atoms with E-state index in [1.807, 2.05) is 0 Å². The van der Waals surface area contributed by atoms with E-state index in [1.54, 1.807) is 27.7 Å². The summed E-state index contributed by atoms with van der Waals surface area (Å²) >= 11 is 0. The average molecular weight is 385 g/mol. The van der Waals surface area contributed by atoms with Crippen LogP contribution in [0.25, 0.3) is 11.0 Å². The Morgan fingerprint density at radius 1 is 1.22 bits per heavy atom. The number of fused-ring (bicyclic) bond motifs is 1. The minimum Gasteiger partial charge on any atom is -0.481 e. The third-order valence-electron chi connectivity index (χ3n) is 4.16. The minimum atomic E-state index is -4.61. The van der Waals surface area contributed by atoms with Crippen molar-refractivity contribution >= 4 is 22.9 Å². The minimum absolute atomic E-state index is 0.0120. The summed E-state index contributed by atoms with van der Waals surface area (Å²) in [5.41, 5.74) is 0.531. The Hall–Kier alpha value is -2.58. The maximum atomic E-state index is 13.3. The van der Waals surface area contributed by atoms with Crippen molar-refractivity contribution in [2.75, 3.05) is 6.54 Å².